The standard InChI is InChI=1S/C17H18ClNO/c1-4-20-17-8-6-14(10-15(17)18)11-19-16-7-5-12(2)9-13(16)3/h5-11H,4H2,1-3H3. The minimum atomic E-state index is 0.607. The molecular formula is C17H18ClNO. The molecular weight excluding hydrogens is 270 g/mol. The molecule has 2 aromatic carbocycles. The molecule has 0 bridgehead atoms. The third kappa shape index (κ3) is 3.61. The van der Waals surface area contributed by atoms with Crippen LogP contribution in [0.25, 0.3) is 0 Å². The summed E-state index contributed by atoms with van der Waals surface area (Å²) in [6, 6.07) is 11.9. The highest BCUT2D eigenvalue weighted by atomic mass is 35.5. The van der Waals surface area contributed by atoms with Crippen LogP contribution >= 0.6 is 11.6 Å². The van der Waals surface area contributed by atoms with E-state index in [1.165, 1.54) is 11.1 Å². The van der Waals surface area contributed by atoms with Crippen molar-refractivity contribution >= 4 is 23.5 Å². The van der Waals surface area contributed by atoms with E-state index >= 15 is 0 Å². The summed E-state index contributed by atoms with van der Waals surface area (Å²) in [5.74, 6) is 0.706. The van der Waals surface area contributed by atoms with E-state index in [-0.39, 0.29) is 0 Å². The van der Waals surface area contributed by atoms with Gasteiger partial charge in [0.25, 0.3) is 0 Å². The van der Waals surface area contributed by atoms with Gasteiger partial charge in [0.2, 0.25) is 0 Å². The molecule has 2 rings (SSSR count). The fourth-order valence-corrected chi connectivity index (χ4v) is 2.21. The summed E-state index contributed by atoms with van der Waals surface area (Å²) in [5.41, 5.74) is 4.34. The van der Waals surface area contributed by atoms with Crippen LogP contribution in [0, 0.1) is 13.8 Å². The minimum Gasteiger partial charge on any atom is -0.492 e. The van der Waals surface area contributed by atoms with Crippen molar-refractivity contribution in [1.29, 1.82) is 0 Å². The molecule has 0 amide bonds. The molecule has 0 aromatic heterocycles. The van der Waals surface area contributed by atoms with E-state index in [0.29, 0.717) is 17.4 Å². The summed E-state index contributed by atoms with van der Waals surface area (Å²) in [7, 11) is 0. The zero-order chi connectivity index (χ0) is 14.5. The molecule has 0 N–H and O–H groups in total. The van der Waals surface area contributed by atoms with Crippen LogP contribution in [0.15, 0.2) is 41.4 Å². The fourth-order valence-electron chi connectivity index (χ4n) is 1.96. The Bertz CT molecular complexity index is 635. The van der Waals surface area contributed by atoms with Gasteiger partial charge in [-0.15, -0.1) is 0 Å². The molecule has 0 heterocycles. The van der Waals surface area contributed by atoms with E-state index in [1.807, 2.05) is 37.4 Å². The molecule has 2 aromatic rings. The molecule has 0 aliphatic heterocycles. The average Bonchev–Trinajstić information content (AvgIpc) is 2.41. The predicted molar refractivity (Wildman–Crippen MR) is 85.8 cm³/mol. The smallest absolute Gasteiger partial charge is 0.137 e. The molecule has 0 spiro atoms. The molecule has 0 unspecified atom stereocenters. The average molecular weight is 288 g/mol. The van der Waals surface area contributed by atoms with Crippen molar-refractivity contribution in [3.63, 3.8) is 0 Å². The maximum absolute atomic E-state index is 6.16. The summed E-state index contributed by atoms with van der Waals surface area (Å²) >= 11 is 6.16. The van der Waals surface area contributed by atoms with E-state index in [1.54, 1.807) is 0 Å². The van der Waals surface area contributed by atoms with Gasteiger partial charge >= 0.3 is 0 Å². The van der Waals surface area contributed by atoms with Crippen LogP contribution in [0.2, 0.25) is 5.02 Å². The van der Waals surface area contributed by atoms with Crippen LogP contribution in [0.1, 0.15) is 23.6 Å². The topological polar surface area (TPSA) is 21.6 Å². The SMILES string of the molecule is CCOc1ccc(C=Nc2ccc(C)cc2C)cc1Cl. The summed E-state index contributed by atoms with van der Waals surface area (Å²) in [4.78, 5) is 4.51. The largest absolute Gasteiger partial charge is 0.492 e. The molecule has 0 aliphatic carbocycles. The number of ether oxygens (including phenoxy) is 1. The summed E-state index contributed by atoms with van der Waals surface area (Å²) < 4.78 is 5.41. The Morgan fingerprint density at radius 1 is 1.15 bits per heavy atom. The Hall–Kier alpha value is -1.80. The molecule has 0 fully saturated rings. The van der Waals surface area contributed by atoms with Gasteiger partial charge in [-0.05, 0) is 56.2 Å². The third-order valence-corrected chi connectivity index (χ3v) is 3.26. The zero-order valence-electron chi connectivity index (χ0n) is 12.0. The van der Waals surface area contributed by atoms with Gasteiger partial charge < -0.3 is 4.74 Å². The van der Waals surface area contributed by atoms with Gasteiger partial charge in [0.1, 0.15) is 5.75 Å². The fraction of sp³-hybridized carbons (Fsp3) is 0.235. The van der Waals surface area contributed by atoms with Gasteiger partial charge in [0.05, 0.1) is 17.3 Å². The van der Waals surface area contributed by atoms with Crippen molar-refractivity contribution in [1.82, 2.24) is 0 Å². The number of aliphatic imine (C=N–C) groups is 1. The normalized spacial score (nSPS) is 11.0. The quantitative estimate of drug-likeness (QED) is 0.716. The van der Waals surface area contributed by atoms with Crippen LogP contribution in [-0.4, -0.2) is 12.8 Å². The van der Waals surface area contributed by atoms with Gasteiger partial charge in [-0.1, -0.05) is 29.3 Å². The third-order valence-electron chi connectivity index (χ3n) is 2.96. The summed E-state index contributed by atoms with van der Waals surface area (Å²) in [6.07, 6.45) is 1.82. The van der Waals surface area contributed by atoms with Gasteiger partial charge in [-0.25, -0.2) is 0 Å². The predicted octanol–water partition coefficient (Wildman–Crippen LogP) is 5.11. The highest BCUT2D eigenvalue weighted by Gasteiger charge is 2.01. The Labute approximate surface area is 125 Å². The zero-order valence-corrected chi connectivity index (χ0v) is 12.7. The molecule has 0 atom stereocenters. The molecule has 0 saturated carbocycles. The van der Waals surface area contributed by atoms with Crippen LogP contribution in [0.5, 0.6) is 5.75 Å². The molecule has 3 heteroatoms. The van der Waals surface area contributed by atoms with Crippen molar-refractivity contribution < 1.29 is 4.74 Å². The second-order valence-corrected chi connectivity index (χ2v) is 5.08. The lowest BCUT2D eigenvalue weighted by molar-refractivity contribution is 0.340. The highest BCUT2D eigenvalue weighted by molar-refractivity contribution is 6.32. The van der Waals surface area contributed by atoms with Gasteiger partial charge in [-0.3, -0.25) is 4.99 Å². The first-order chi connectivity index (χ1) is 9.60. The lowest BCUT2D eigenvalue weighted by atomic mass is 10.1. The number of benzene rings is 2. The molecule has 0 saturated heterocycles. The Morgan fingerprint density at radius 3 is 2.60 bits per heavy atom. The van der Waals surface area contributed by atoms with Crippen LogP contribution in [0.3, 0.4) is 0 Å². The number of rotatable bonds is 4. The molecule has 20 heavy (non-hydrogen) atoms. The number of halogens is 1. The Balaban J connectivity index is 2.21. The van der Waals surface area contributed by atoms with E-state index in [4.69, 9.17) is 16.3 Å². The maximum Gasteiger partial charge on any atom is 0.137 e. The number of hydrogen-bond donors (Lipinski definition) is 0. The van der Waals surface area contributed by atoms with E-state index in [9.17, 15) is 0 Å². The Morgan fingerprint density at radius 2 is 1.95 bits per heavy atom. The highest BCUT2D eigenvalue weighted by Crippen LogP contribution is 2.25. The first kappa shape index (κ1) is 14.6. The number of aryl methyl sites for hydroxylation is 2. The van der Waals surface area contributed by atoms with E-state index < -0.39 is 0 Å². The Kier molecular flexibility index (Phi) is 4.80. The minimum absolute atomic E-state index is 0.607. The molecule has 104 valence electrons. The monoisotopic (exact) mass is 287 g/mol. The van der Waals surface area contributed by atoms with Crippen molar-refractivity contribution in [2.24, 2.45) is 4.99 Å². The molecule has 2 nitrogen and oxygen atoms in total. The lowest BCUT2D eigenvalue weighted by Crippen LogP contribution is -1.92. The number of hydrogen-bond acceptors (Lipinski definition) is 2. The maximum atomic E-state index is 6.16. The lowest BCUT2D eigenvalue weighted by Gasteiger charge is -2.05. The summed E-state index contributed by atoms with van der Waals surface area (Å²) in [5, 5.41) is 0.608. The van der Waals surface area contributed by atoms with Crippen molar-refractivity contribution in [2.75, 3.05) is 6.61 Å². The van der Waals surface area contributed by atoms with Crippen LogP contribution in [-0.2, 0) is 0 Å². The molecule has 0 radical (unpaired) electrons. The van der Waals surface area contributed by atoms with E-state index in [2.05, 4.69) is 31.0 Å². The second-order valence-electron chi connectivity index (χ2n) is 4.67. The summed E-state index contributed by atoms with van der Waals surface area (Å²) in [6.45, 7) is 6.68. The van der Waals surface area contributed by atoms with Crippen molar-refractivity contribution in [2.45, 2.75) is 20.8 Å². The first-order valence-corrected chi connectivity index (χ1v) is 7.01. The van der Waals surface area contributed by atoms with Gasteiger partial charge in [-0.2, -0.15) is 0 Å². The van der Waals surface area contributed by atoms with Crippen molar-refractivity contribution in [3.8, 4) is 5.75 Å². The second kappa shape index (κ2) is 6.58. The van der Waals surface area contributed by atoms with Crippen LogP contribution < -0.4 is 4.74 Å². The van der Waals surface area contributed by atoms with E-state index in [0.717, 1.165) is 11.3 Å². The molecule has 0 aliphatic rings. The first-order valence-electron chi connectivity index (χ1n) is 6.64. The van der Waals surface area contributed by atoms with Crippen LogP contribution in [0.4, 0.5) is 5.69 Å². The van der Waals surface area contributed by atoms with Crippen molar-refractivity contribution in [3.05, 3.63) is 58.1 Å². The van der Waals surface area contributed by atoms with Gasteiger partial charge in [0, 0.05) is 6.21 Å². The number of nitrogens with zero attached hydrogens (tertiary/aromatic N) is 1. The van der Waals surface area contributed by atoms with Gasteiger partial charge in [0.15, 0.2) is 0 Å².